The van der Waals surface area contributed by atoms with Gasteiger partial charge in [0.1, 0.15) is 5.75 Å². The van der Waals surface area contributed by atoms with Gasteiger partial charge in [-0.05, 0) is 38.8 Å². The summed E-state index contributed by atoms with van der Waals surface area (Å²) >= 11 is 0. The van der Waals surface area contributed by atoms with E-state index in [1.165, 1.54) is 12.8 Å². The third kappa shape index (κ3) is 2.30. The number of rotatable bonds is 1. The fourth-order valence-electron chi connectivity index (χ4n) is 4.33. The van der Waals surface area contributed by atoms with E-state index in [1.54, 1.807) is 0 Å². The van der Waals surface area contributed by atoms with Crippen molar-refractivity contribution in [2.45, 2.75) is 43.7 Å². The monoisotopic (exact) mass is 300 g/mol. The van der Waals surface area contributed by atoms with Crippen LogP contribution in [0.2, 0.25) is 0 Å². The lowest BCUT2D eigenvalue weighted by molar-refractivity contribution is -0.133. The molecule has 2 saturated heterocycles. The first-order valence-electron chi connectivity index (χ1n) is 8.46. The van der Waals surface area contributed by atoms with E-state index in [2.05, 4.69) is 16.8 Å². The molecule has 0 radical (unpaired) electrons. The number of carbonyl (C=O) groups excluding carboxylic acids is 1. The summed E-state index contributed by atoms with van der Waals surface area (Å²) in [5, 5.41) is 0. The average Bonchev–Trinajstić information content (AvgIpc) is 2.79. The van der Waals surface area contributed by atoms with Crippen LogP contribution in [0.1, 0.15) is 37.2 Å². The molecule has 2 bridgehead atoms. The van der Waals surface area contributed by atoms with Gasteiger partial charge in [-0.2, -0.15) is 0 Å². The molecule has 3 aliphatic heterocycles. The predicted molar refractivity (Wildman–Crippen MR) is 85.1 cm³/mol. The van der Waals surface area contributed by atoms with Crippen LogP contribution < -0.4 is 4.74 Å². The van der Waals surface area contributed by atoms with Gasteiger partial charge < -0.3 is 9.64 Å². The lowest BCUT2D eigenvalue weighted by Gasteiger charge is -2.32. The van der Waals surface area contributed by atoms with E-state index in [0.717, 1.165) is 37.2 Å². The number of fused-ring (bicyclic) bond motifs is 3. The maximum absolute atomic E-state index is 13.1. The number of hydrogen-bond acceptors (Lipinski definition) is 3. The molecule has 4 nitrogen and oxygen atoms in total. The Morgan fingerprint density at radius 2 is 1.95 bits per heavy atom. The highest BCUT2D eigenvalue weighted by molar-refractivity contribution is 5.85. The summed E-state index contributed by atoms with van der Waals surface area (Å²) in [7, 11) is 2.22. The summed E-state index contributed by atoms with van der Waals surface area (Å²) < 4.78 is 5.70. The molecule has 0 saturated carbocycles. The summed E-state index contributed by atoms with van der Waals surface area (Å²) in [6.07, 6.45) is 4.44. The van der Waals surface area contributed by atoms with E-state index < -0.39 is 0 Å². The summed E-state index contributed by atoms with van der Waals surface area (Å²) in [4.78, 5) is 17.7. The van der Waals surface area contributed by atoms with Gasteiger partial charge in [-0.15, -0.1) is 0 Å². The van der Waals surface area contributed by atoms with E-state index in [1.807, 2.05) is 24.3 Å². The van der Waals surface area contributed by atoms with Crippen molar-refractivity contribution in [3.8, 4) is 5.75 Å². The number of ether oxygens (including phenoxy) is 1. The van der Waals surface area contributed by atoms with E-state index >= 15 is 0 Å². The van der Waals surface area contributed by atoms with Gasteiger partial charge in [-0.3, -0.25) is 9.69 Å². The predicted octanol–water partition coefficient (Wildman–Crippen LogP) is 2.25. The summed E-state index contributed by atoms with van der Waals surface area (Å²) in [6, 6.07) is 9.23. The second-order valence-electron chi connectivity index (χ2n) is 6.85. The van der Waals surface area contributed by atoms with Gasteiger partial charge in [0.2, 0.25) is 5.91 Å². The van der Waals surface area contributed by atoms with Crippen molar-refractivity contribution >= 4 is 5.91 Å². The molecular formula is C18H24N2O2. The molecule has 22 heavy (non-hydrogen) atoms. The van der Waals surface area contributed by atoms with Crippen molar-refractivity contribution in [1.82, 2.24) is 9.80 Å². The Balaban J connectivity index is 1.55. The molecular weight excluding hydrogens is 276 g/mol. The topological polar surface area (TPSA) is 32.8 Å². The molecule has 0 aliphatic carbocycles. The van der Waals surface area contributed by atoms with Gasteiger partial charge in [0.05, 0.1) is 12.5 Å². The van der Waals surface area contributed by atoms with Gasteiger partial charge in [0, 0.05) is 30.7 Å². The van der Waals surface area contributed by atoms with Crippen LogP contribution >= 0.6 is 0 Å². The van der Waals surface area contributed by atoms with Crippen LogP contribution in [0.25, 0.3) is 0 Å². The van der Waals surface area contributed by atoms with E-state index in [-0.39, 0.29) is 5.92 Å². The van der Waals surface area contributed by atoms with Crippen LogP contribution in [0.15, 0.2) is 24.3 Å². The van der Waals surface area contributed by atoms with Gasteiger partial charge in [0.25, 0.3) is 0 Å². The number of likely N-dealkylation sites (tertiary alicyclic amines) is 1. The Bertz CT molecular complexity index is 574. The second kappa shape index (κ2) is 5.58. The van der Waals surface area contributed by atoms with Crippen molar-refractivity contribution in [2.24, 2.45) is 0 Å². The van der Waals surface area contributed by atoms with Crippen LogP contribution in [-0.2, 0) is 4.79 Å². The Morgan fingerprint density at radius 1 is 1.14 bits per heavy atom. The molecule has 2 fully saturated rings. The number of para-hydroxylation sites is 1. The SMILES string of the molecule is CN1[C@H]2CC[C@H]1CN(C(=O)[C@@H]1CCOc3ccccc31)CC2. The van der Waals surface area contributed by atoms with Crippen LogP contribution in [0.4, 0.5) is 0 Å². The fourth-order valence-corrected chi connectivity index (χ4v) is 4.33. The molecule has 1 amide bonds. The third-order valence-corrected chi connectivity index (χ3v) is 5.72. The maximum Gasteiger partial charge on any atom is 0.230 e. The first-order chi connectivity index (χ1) is 10.7. The molecule has 1 aromatic carbocycles. The van der Waals surface area contributed by atoms with Gasteiger partial charge in [-0.1, -0.05) is 18.2 Å². The van der Waals surface area contributed by atoms with Crippen molar-refractivity contribution in [1.29, 1.82) is 0 Å². The number of likely N-dealkylation sites (N-methyl/N-ethyl adjacent to an activating group) is 1. The summed E-state index contributed by atoms with van der Waals surface area (Å²) in [5.41, 5.74) is 1.07. The normalized spacial score (nSPS) is 31.3. The lowest BCUT2D eigenvalue weighted by atomic mass is 9.91. The third-order valence-electron chi connectivity index (χ3n) is 5.72. The first-order valence-corrected chi connectivity index (χ1v) is 8.46. The molecule has 1 aromatic rings. The zero-order valence-electron chi connectivity index (χ0n) is 13.2. The summed E-state index contributed by atoms with van der Waals surface area (Å²) in [6.45, 7) is 2.45. The molecule has 3 aliphatic rings. The maximum atomic E-state index is 13.1. The van der Waals surface area contributed by atoms with Gasteiger partial charge in [0.15, 0.2) is 0 Å². The van der Waals surface area contributed by atoms with Crippen molar-refractivity contribution in [3.63, 3.8) is 0 Å². The zero-order chi connectivity index (χ0) is 15.1. The van der Waals surface area contributed by atoms with Crippen LogP contribution in [-0.4, -0.2) is 54.5 Å². The van der Waals surface area contributed by atoms with Gasteiger partial charge in [-0.25, -0.2) is 0 Å². The Hall–Kier alpha value is -1.55. The lowest BCUT2D eigenvalue weighted by Crippen LogP contribution is -2.42. The molecule has 4 rings (SSSR count). The molecule has 3 atom stereocenters. The standard InChI is InChI=1S/C18H24N2O2/c1-19-13-6-7-14(19)12-20(10-8-13)18(21)16-9-11-22-17-5-3-2-4-15(16)17/h2-5,13-14,16H,6-12H2,1H3/t13-,14-,16+/m0/s1. The number of amides is 1. The average molecular weight is 300 g/mol. The minimum atomic E-state index is -0.0214. The minimum absolute atomic E-state index is 0.0214. The molecule has 0 unspecified atom stereocenters. The van der Waals surface area contributed by atoms with E-state index in [9.17, 15) is 4.79 Å². The fraction of sp³-hybridized carbons (Fsp3) is 0.611. The Kier molecular flexibility index (Phi) is 3.57. The smallest absolute Gasteiger partial charge is 0.230 e. The van der Waals surface area contributed by atoms with Crippen LogP contribution in [0, 0.1) is 0 Å². The highest BCUT2D eigenvalue weighted by Gasteiger charge is 2.38. The van der Waals surface area contributed by atoms with Crippen molar-refractivity contribution in [3.05, 3.63) is 29.8 Å². The molecule has 118 valence electrons. The zero-order valence-corrected chi connectivity index (χ0v) is 13.2. The number of nitrogens with zero attached hydrogens (tertiary/aromatic N) is 2. The molecule has 0 N–H and O–H groups in total. The summed E-state index contributed by atoms with van der Waals surface area (Å²) in [5.74, 6) is 1.17. The van der Waals surface area contributed by atoms with Crippen molar-refractivity contribution in [2.75, 3.05) is 26.7 Å². The van der Waals surface area contributed by atoms with Gasteiger partial charge >= 0.3 is 0 Å². The van der Waals surface area contributed by atoms with Crippen LogP contribution in [0.5, 0.6) is 5.75 Å². The quantitative estimate of drug-likeness (QED) is 0.797. The highest BCUT2D eigenvalue weighted by Crippen LogP contribution is 2.36. The Morgan fingerprint density at radius 3 is 2.86 bits per heavy atom. The number of benzene rings is 1. The molecule has 4 heteroatoms. The molecule has 0 aromatic heterocycles. The molecule has 3 heterocycles. The second-order valence-corrected chi connectivity index (χ2v) is 6.85. The largest absolute Gasteiger partial charge is 0.493 e. The minimum Gasteiger partial charge on any atom is -0.493 e. The van der Waals surface area contributed by atoms with E-state index in [0.29, 0.717) is 24.6 Å². The number of hydrogen-bond donors (Lipinski definition) is 0. The first kappa shape index (κ1) is 14.1. The van der Waals surface area contributed by atoms with Crippen molar-refractivity contribution < 1.29 is 9.53 Å². The Labute approximate surface area is 132 Å². The number of carbonyl (C=O) groups is 1. The highest BCUT2D eigenvalue weighted by atomic mass is 16.5. The van der Waals surface area contributed by atoms with Crippen LogP contribution in [0.3, 0.4) is 0 Å². The van der Waals surface area contributed by atoms with E-state index in [4.69, 9.17) is 4.74 Å². The molecule has 0 spiro atoms.